The molecule has 0 aromatic rings. The summed E-state index contributed by atoms with van der Waals surface area (Å²) in [6, 6.07) is 0. The number of carbonyl (C=O) groups excluding carboxylic acids is 1. The van der Waals surface area contributed by atoms with Gasteiger partial charge in [0.05, 0.1) is 6.26 Å². The van der Waals surface area contributed by atoms with E-state index in [2.05, 4.69) is 0 Å². The minimum atomic E-state index is -3.12. The first-order chi connectivity index (χ1) is 7.95. The fourth-order valence-corrected chi connectivity index (χ4v) is 2.81. The second kappa shape index (κ2) is 6.56. The van der Waals surface area contributed by atoms with Crippen molar-refractivity contribution < 1.29 is 13.2 Å². The van der Waals surface area contributed by atoms with Gasteiger partial charge in [-0.2, -0.15) is 4.31 Å². The lowest BCUT2D eigenvalue weighted by molar-refractivity contribution is -0.132. The van der Waals surface area contributed by atoms with Crippen LogP contribution in [0.25, 0.3) is 0 Å². The molecular formula is C10H19ClN2O3S. The highest BCUT2D eigenvalue weighted by Crippen LogP contribution is 2.09. The summed E-state index contributed by atoms with van der Waals surface area (Å²) in [6.07, 6.45) is 3.35. The Hall–Kier alpha value is -0.330. The van der Waals surface area contributed by atoms with Gasteiger partial charge in [0.2, 0.25) is 15.9 Å². The normalized spacial score (nSPS) is 18.4. The first kappa shape index (κ1) is 14.7. The van der Waals surface area contributed by atoms with E-state index in [9.17, 15) is 13.2 Å². The standard InChI is InChI=1S/C10H19ClN2O3S/c1-17(15,16)13-8-6-12(7-9-13)10(14)4-2-3-5-11/h2-9H2,1H3. The Balaban J connectivity index is 2.34. The number of halogens is 1. The third-order valence-corrected chi connectivity index (χ3v) is 4.41. The number of nitrogens with zero attached hydrogens (tertiary/aromatic N) is 2. The van der Waals surface area contributed by atoms with Gasteiger partial charge in [-0.25, -0.2) is 8.42 Å². The lowest BCUT2D eigenvalue weighted by Gasteiger charge is -2.33. The molecule has 0 unspecified atom stereocenters. The van der Waals surface area contributed by atoms with E-state index in [1.54, 1.807) is 4.90 Å². The van der Waals surface area contributed by atoms with E-state index in [1.807, 2.05) is 0 Å². The van der Waals surface area contributed by atoms with Crippen LogP contribution in [0.1, 0.15) is 19.3 Å². The van der Waals surface area contributed by atoms with Gasteiger partial charge in [0.15, 0.2) is 0 Å². The molecule has 0 radical (unpaired) electrons. The van der Waals surface area contributed by atoms with Crippen LogP contribution < -0.4 is 0 Å². The molecule has 1 aliphatic rings. The Morgan fingerprint density at radius 1 is 1.18 bits per heavy atom. The van der Waals surface area contributed by atoms with Gasteiger partial charge in [-0.05, 0) is 12.8 Å². The van der Waals surface area contributed by atoms with E-state index >= 15 is 0 Å². The molecule has 7 heteroatoms. The number of unbranched alkanes of at least 4 members (excludes halogenated alkanes) is 1. The summed E-state index contributed by atoms with van der Waals surface area (Å²) in [5, 5.41) is 0. The van der Waals surface area contributed by atoms with Gasteiger partial charge in [-0.15, -0.1) is 11.6 Å². The molecule has 0 saturated carbocycles. The highest BCUT2D eigenvalue weighted by atomic mass is 35.5. The third kappa shape index (κ3) is 4.81. The Kier molecular flexibility index (Phi) is 5.69. The van der Waals surface area contributed by atoms with Crippen molar-refractivity contribution in [3.8, 4) is 0 Å². The zero-order valence-electron chi connectivity index (χ0n) is 10.1. The summed E-state index contributed by atoms with van der Waals surface area (Å²) in [4.78, 5) is 13.5. The minimum absolute atomic E-state index is 0.100. The van der Waals surface area contributed by atoms with Crippen LogP contribution in [0, 0.1) is 0 Å². The number of piperazine rings is 1. The molecule has 0 spiro atoms. The summed E-state index contributed by atoms with van der Waals surface area (Å²) in [6.45, 7) is 1.79. The van der Waals surface area contributed by atoms with E-state index < -0.39 is 10.0 Å². The highest BCUT2D eigenvalue weighted by Gasteiger charge is 2.25. The van der Waals surface area contributed by atoms with Crippen molar-refractivity contribution >= 4 is 27.5 Å². The second-order valence-electron chi connectivity index (χ2n) is 4.19. The van der Waals surface area contributed by atoms with Gasteiger partial charge in [0.1, 0.15) is 0 Å². The van der Waals surface area contributed by atoms with Crippen molar-refractivity contribution in [2.45, 2.75) is 19.3 Å². The SMILES string of the molecule is CS(=O)(=O)N1CCN(C(=O)CCCCCl)CC1. The molecular weight excluding hydrogens is 264 g/mol. The number of alkyl halides is 1. The molecule has 0 bridgehead atoms. The summed E-state index contributed by atoms with van der Waals surface area (Å²) in [7, 11) is -3.12. The molecule has 0 aromatic carbocycles. The molecule has 100 valence electrons. The van der Waals surface area contributed by atoms with E-state index in [1.165, 1.54) is 10.6 Å². The van der Waals surface area contributed by atoms with Crippen LogP contribution >= 0.6 is 11.6 Å². The van der Waals surface area contributed by atoms with Gasteiger partial charge in [-0.1, -0.05) is 0 Å². The molecule has 0 aromatic heterocycles. The lowest BCUT2D eigenvalue weighted by Crippen LogP contribution is -2.50. The zero-order valence-corrected chi connectivity index (χ0v) is 11.6. The maximum Gasteiger partial charge on any atom is 0.222 e. The summed E-state index contributed by atoms with van der Waals surface area (Å²) in [5.74, 6) is 0.679. The zero-order chi connectivity index (χ0) is 12.9. The number of carbonyl (C=O) groups is 1. The van der Waals surface area contributed by atoms with Gasteiger partial charge in [0, 0.05) is 38.5 Å². The van der Waals surface area contributed by atoms with E-state index in [4.69, 9.17) is 11.6 Å². The number of hydrogen-bond donors (Lipinski definition) is 0. The monoisotopic (exact) mass is 282 g/mol. The van der Waals surface area contributed by atoms with Crippen LogP contribution in [-0.4, -0.2) is 61.8 Å². The van der Waals surface area contributed by atoms with Crippen molar-refractivity contribution in [1.29, 1.82) is 0 Å². The predicted octanol–water partition coefficient (Wildman–Crippen LogP) is 0.499. The van der Waals surface area contributed by atoms with Gasteiger partial charge in [-0.3, -0.25) is 4.79 Å². The summed E-state index contributed by atoms with van der Waals surface area (Å²) < 4.78 is 24.0. The first-order valence-electron chi connectivity index (χ1n) is 5.74. The maximum absolute atomic E-state index is 11.7. The topological polar surface area (TPSA) is 57.7 Å². The molecule has 1 amide bonds. The van der Waals surface area contributed by atoms with Crippen molar-refractivity contribution in [3.05, 3.63) is 0 Å². The highest BCUT2D eigenvalue weighted by molar-refractivity contribution is 7.88. The van der Waals surface area contributed by atoms with Crippen LogP contribution in [-0.2, 0) is 14.8 Å². The molecule has 1 aliphatic heterocycles. The quantitative estimate of drug-likeness (QED) is 0.545. The number of amides is 1. The summed E-state index contributed by atoms with van der Waals surface area (Å²) in [5.41, 5.74) is 0. The predicted molar refractivity (Wildman–Crippen MR) is 67.6 cm³/mol. The molecule has 1 fully saturated rings. The smallest absolute Gasteiger partial charge is 0.222 e. The van der Waals surface area contributed by atoms with Crippen LogP contribution in [0.15, 0.2) is 0 Å². The van der Waals surface area contributed by atoms with Crippen LogP contribution in [0.2, 0.25) is 0 Å². The van der Waals surface area contributed by atoms with Crippen LogP contribution in [0.4, 0.5) is 0 Å². The van der Waals surface area contributed by atoms with Gasteiger partial charge in [0.25, 0.3) is 0 Å². The molecule has 0 N–H and O–H groups in total. The molecule has 1 heterocycles. The van der Waals surface area contributed by atoms with Crippen molar-refractivity contribution in [2.75, 3.05) is 38.3 Å². The largest absolute Gasteiger partial charge is 0.340 e. The van der Waals surface area contributed by atoms with Crippen molar-refractivity contribution in [3.63, 3.8) is 0 Å². The minimum Gasteiger partial charge on any atom is -0.340 e. The van der Waals surface area contributed by atoms with Gasteiger partial charge < -0.3 is 4.90 Å². The first-order valence-corrected chi connectivity index (χ1v) is 8.12. The number of rotatable bonds is 5. The Morgan fingerprint density at radius 2 is 1.76 bits per heavy atom. The van der Waals surface area contributed by atoms with E-state index in [-0.39, 0.29) is 5.91 Å². The molecule has 5 nitrogen and oxygen atoms in total. The molecule has 0 aliphatic carbocycles. The Morgan fingerprint density at radius 3 is 2.24 bits per heavy atom. The Labute approximate surface area is 108 Å². The molecule has 1 rings (SSSR count). The van der Waals surface area contributed by atoms with E-state index in [0.717, 1.165) is 12.8 Å². The molecule has 1 saturated heterocycles. The van der Waals surface area contributed by atoms with E-state index in [0.29, 0.717) is 38.5 Å². The lowest BCUT2D eigenvalue weighted by atomic mass is 10.2. The Bertz CT molecular complexity index is 351. The van der Waals surface area contributed by atoms with Crippen LogP contribution in [0.3, 0.4) is 0 Å². The summed E-state index contributed by atoms with van der Waals surface area (Å²) >= 11 is 5.54. The maximum atomic E-state index is 11.7. The third-order valence-electron chi connectivity index (χ3n) is 2.83. The van der Waals surface area contributed by atoms with Crippen LogP contribution in [0.5, 0.6) is 0 Å². The molecule has 0 atom stereocenters. The van der Waals surface area contributed by atoms with Crippen molar-refractivity contribution in [2.24, 2.45) is 0 Å². The average Bonchev–Trinajstić information content (AvgIpc) is 2.28. The fraction of sp³-hybridized carbons (Fsp3) is 0.900. The number of hydrogen-bond acceptors (Lipinski definition) is 3. The average molecular weight is 283 g/mol. The fourth-order valence-electron chi connectivity index (χ4n) is 1.80. The second-order valence-corrected chi connectivity index (χ2v) is 6.55. The van der Waals surface area contributed by atoms with Gasteiger partial charge >= 0.3 is 0 Å². The molecule has 17 heavy (non-hydrogen) atoms. The number of sulfonamides is 1. The van der Waals surface area contributed by atoms with Crippen molar-refractivity contribution in [1.82, 2.24) is 9.21 Å².